The second-order valence-corrected chi connectivity index (χ2v) is 2.23. The topological polar surface area (TPSA) is 12.0 Å². The van der Waals surface area contributed by atoms with E-state index in [0.29, 0.717) is 0 Å². The molecule has 0 unspecified atom stereocenters. The molecule has 0 aliphatic heterocycles. The minimum absolute atomic E-state index is 1.15. The van der Waals surface area contributed by atoms with Crippen LogP contribution in [0.15, 0.2) is 11.6 Å². The maximum atomic E-state index is 2.90. The van der Waals surface area contributed by atoms with E-state index in [2.05, 4.69) is 12.2 Å². The first-order valence-electron chi connectivity index (χ1n) is 2.35. The quantitative estimate of drug-likeness (QED) is 0.600. The highest BCUT2D eigenvalue weighted by atomic mass is 32.2. The highest BCUT2D eigenvalue weighted by Gasteiger charge is 1.66. The van der Waals surface area contributed by atoms with E-state index >= 15 is 0 Å². The van der Waals surface area contributed by atoms with E-state index in [-0.39, 0.29) is 0 Å². The fraction of sp³-hybridized carbons (Fsp3) is 0.600. The molecule has 42 valence electrons. The Kier molecular flexibility index (Phi) is 5.80. The second kappa shape index (κ2) is 5.89. The molecular weight excluding hydrogens is 106 g/mol. The van der Waals surface area contributed by atoms with Crippen molar-refractivity contribution in [2.75, 3.05) is 12.8 Å². The fourth-order valence-electron chi connectivity index (χ4n) is 0.212. The predicted octanol–water partition coefficient (Wildman–Crippen LogP) is 1.43. The van der Waals surface area contributed by atoms with Gasteiger partial charge in [0.15, 0.2) is 0 Å². The van der Waals surface area contributed by atoms with E-state index in [1.54, 1.807) is 11.8 Å². The van der Waals surface area contributed by atoms with Gasteiger partial charge in [0, 0.05) is 13.2 Å². The molecule has 7 heavy (non-hydrogen) atoms. The highest BCUT2D eigenvalue weighted by Crippen LogP contribution is 1.96. The standard InChI is InChI=1S/C5H11NS/c1-3-7-5-4-6-2/h4-6H,3H2,1-2H3/b5-4-. The zero-order valence-corrected chi connectivity index (χ0v) is 5.59. The molecule has 1 nitrogen and oxygen atoms in total. The van der Waals surface area contributed by atoms with Gasteiger partial charge >= 0.3 is 0 Å². The molecule has 0 amide bonds. The summed E-state index contributed by atoms with van der Waals surface area (Å²) in [6, 6.07) is 0. The minimum Gasteiger partial charge on any atom is -0.394 e. The monoisotopic (exact) mass is 117 g/mol. The average molecular weight is 117 g/mol. The molecule has 0 aromatic carbocycles. The van der Waals surface area contributed by atoms with Crippen LogP contribution in [0.2, 0.25) is 0 Å². The first-order valence-corrected chi connectivity index (χ1v) is 3.40. The lowest BCUT2D eigenvalue weighted by Crippen LogP contribution is -1.89. The van der Waals surface area contributed by atoms with Crippen LogP contribution in [0.25, 0.3) is 0 Å². The highest BCUT2D eigenvalue weighted by molar-refractivity contribution is 8.02. The predicted molar refractivity (Wildman–Crippen MR) is 36.3 cm³/mol. The third kappa shape index (κ3) is 5.89. The molecule has 0 fully saturated rings. The first kappa shape index (κ1) is 6.89. The zero-order valence-electron chi connectivity index (χ0n) is 4.77. The summed E-state index contributed by atoms with van der Waals surface area (Å²) in [4.78, 5) is 0. The molecule has 2 heteroatoms. The van der Waals surface area contributed by atoms with Crippen LogP contribution >= 0.6 is 11.8 Å². The summed E-state index contributed by atoms with van der Waals surface area (Å²) in [5.74, 6) is 1.15. The van der Waals surface area contributed by atoms with Crippen molar-refractivity contribution >= 4 is 11.8 Å². The van der Waals surface area contributed by atoms with Crippen molar-refractivity contribution in [3.63, 3.8) is 0 Å². The number of nitrogens with one attached hydrogen (secondary N) is 1. The Labute approximate surface area is 49.2 Å². The van der Waals surface area contributed by atoms with Crippen molar-refractivity contribution in [3.05, 3.63) is 11.6 Å². The Morgan fingerprint density at radius 1 is 1.71 bits per heavy atom. The molecule has 0 bridgehead atoms. The van der Waals surface area contributed by atoms with Crippen LogP contribution in [-0.2, 0) is 0 Å². The maximum Gasteiger partial charge on any atom is 0.00278 e. The molecule has 0 aliphatic rings. The van der Waals surface area contributed by atoms with E-state index in [4.69, 9.17) is 0 Å². The SMILES string of the molecule is CCS/C=C\NC. The first-order chi connectivity index (χ1) is 3.41. The lowest BCUT2D eigenvalue weighted by atomic mass is 11.0. The van der Waals surface area contributed by atoms with Gasteiger partial charge in [0.25, 0.3) is 0 Å². The largest absolute Gasteiger partial charge is 0.394 e. The van der Waals surface area contributed by atoms with Crippen molar-refractivity contribution in [1.29, 1.82) is 0 Å². The van der Waals surface area contributed by atoms with Gasteiger partial charge in [-0.25, -0.2) is 0 Å². The summed E-state index contributed by atoms with van der Waals surface area (Å²) < 4.78 is 0. The van der Waals surface area contributed by atoms with Crippen molar-refractivity contribution in [3.8, 4) is 0 Å². The summed E-state index contributed by atoms with van der Waals surface area (Å²) in [5.41, 5.74) is 0. The molecule has 0 aromatic heterocycles. The molecule has 0 heterocycles. The second-order valence-electron chi connectivity index (χ2n) is 1.05. The minimum atomic E-state index is 1.15. The van der Waals surface area contributed by atoms with Crippen LogP contribution in [-0.4, -0.2) is 12.8 Å². The van der Waals surface area contributed by atoms with Crippen LogP contribution in [0.3, 0.4) is 0 Å². The lowest BCUT2D eigenvalue weighted by Gasteiger charge is -1.83. The molecule has 0 aliphatic carbocycles. The van der Waals surface area contributed by atoms with Gasteiger partial charge in [-0.15, -0.1) is 11.8 Å². The van der Waals surface area contributed by atoms with Gasteiger partial charge in [-0.05, 0) is 11.2 Å². The molecule has 0 radical (unpaired) electrons. The van der Waals surface area contributed by atoms with Gasteiger partial charge in [0.05, 0.1) is 0 Å². The van der Waals surface area contributed by atoms with Crippen molar-refractivity contribution < 1.29 is 0 Å². The summed E-state index contributed by atoms with van der Waals surface area (Å²) in [5, 5.41) is 4.94. The average Bonchev–Trinajstić information content (AvgIpc) is 1.69. The maximum absolute atomic E-state index is 2.90. The zero-order chi connectivity index (χ0) is 5.54. The number of hydrogen-bond acceptors (Lipinski definition) is 2. The number of hydrogen-bond donors (Lipinski definition) is 1. The van der Waals surface area contributed by atoms with Crippen molar-refractivity contribution in [2.24, 2.45) is 0 Å². The molecule has 0 aromatic rings. The molecule has 0 atom stereocenters. The molecule has 0 saturated carbocycles. The Bertz CT molecular complexity index is 52.0. The van der Waals surface area contributed by atoms with Gasteiger partial charge in [0.1, 0.15) is 0 Å². The smallest absolute Gasteiger partial charge is 0.00278 e. The normalized spacial score (nSPS) is 10.0. The summed E-state index contributed by atoms with van der Waals surface area (Å²) >= 11 is 1.79. The van der Waals surface area contributed by atoms with Crippen molar-refractivity contribution in [1.82, 2.24) is 5.32 Å². The summed E-state index contributed by atoms with van der Waals surface area (Å²) in [7, 11) is 1.90. The molecule has 0 saturated heterocycles. The van der Waals surface area contributed by atoms with Gasteiger partial charge < -0.3 is 5.32 Å². The van der Waals surface area contributed by atoms with Crippen LogP contribution in [0.5, 0.6) is 0 Å². The summed E-state index contributed by atoms with van der Waals surface area (Å²) in [6.07, 6.45) is 1.92. The number of rotatable bonds is 3. The lowest BCUT2D eigenvalue weighted by molar-refractivity contribution is 1.11. The van der Waals surface area contributed by atoms with Gasteiger partial charge in [-0.1, -0.05) is 6.92 Å². The van der Waals surface area contributed by atoms with Crippen LogP contribution in [0.4, 0.5) is 0 Å². The van der Waals surface area contributed by atoms with E-state index in [9.17, 15) is 0 Å². The molecule has 0 spiro atoms. The fourth-order valence-corrected chi connectivity index (χ4v) is 0.637. The third-order valence-electron chi connectivity index (χ3n) is 0.498. The Balaban J connectivity index is 2.78. The van der Waals surface area contributed by atoms with E-state index in [1.807, 2.05) is 18.7 Å². The van der Waals surface area contributed by atoms with Crippen LogP contribution < -0.4 is 5.32 Å². The van der Waals surface area contributed by atoms with Gasteiger partial charge in [-0.2, -0.15) is 0 Å². The van der Waals surface area contributed by atoms with E-state index in [0.717, 1.165) is 5.75 Å². The van der Waals surface area contributed by atoms with Crippen LogP contribution in [0.1, 0.15) is 6.92 Å². The molecule has 1 N–H and O–H groups in total. The molecule has 0 rings (SSSR count). The van der Waals surface area contributed by atoms with E-state index < -0.39 is 0 Å². The Hall–Kier alpha value is -0.110. The summed E-state index contributed by atoms with van der Waals surface area (Å²) in [6.45, 7) is 2.13. The third-order valence-corrected chi connectivity index (χ3v) is 1.16. The molecular formula is C5H11NS. The van der Waals surface area contributed by atoms with E-state index in [1.165, 1.54) is 0 Å². The number of thioether (sulfide) groups is 1. The van der Waals surface area contributed by atoms with Gasteiger partial charge in [0.2, 0.25) is 0 Å². The Morgan fingerprint density at radius 3 is 2.86 bits per heavy atom. The Morgan fingerprint density at radius 2 is 2.43 bits per heavy atom. The van der Waals surface area contributed by atoms with Gasteiger partial charge in [-0.3, -0.25) is 0 Å². The van der Waals surface area contributed by atoms with Crippen molar-refractivity contribution in [2.45, 2.75) is 6.92 Å². The van der Waals surface area contributed by atoms with Crippen LogP contribution in [0, 0.1) is 0 Å².